The van der Waals surface area contributed by atoms with Crippen LogP contribution in [0.3, 0.4) is 0 Å². The van der Waals surface area contributed by atoms with Crippen LogP contribution in [-0.2, 0) is 11.3 Å². The zero-order valence-electron chi connectivity index (χ0n) is 12.1. The lowest BCUT2D eigenvalue weighted by Crippen LogP contribution is -2.39. The second kappa shape index (κ2) is 7.40. The molecule has 1 aliphatic heterocycles. The average Bonchev–Trinajstić information content (AvgIpc) is 2.85. The number of hydrogen-bond donors (Lipinski definition) is 1. The molecule has 1 unspecified atom stereocenters. The molecule has 2 heterocycles. The van der Waals surface area contributed by atoms with E-state index in [0.717, 1.165) is 25.9 Å². The van der Waals surface area contributed by atoms with Crippen molar-refractivity contribution < 1.29 is 9.90 Å². The van der Waals surface area contributed by atoms with Crippen LogP contribution in [0.25, 0.3) is 0 Å². The number of imidazole rings is 1. The van der Waals surface area contributed by atoms with Gasteiger partial charge in [0.25, 0.3) is 0 Å². The van der Waals surface area contributed by atoms with E-state index in [-0.39, 0.29) is 5.91 Å². The number of aliphatic hydroxyl groups is 1. The minimum atomic E-state index is -0.457. The Morgan fingerprint density at radius 1 is 1.40 bits per heavy atom. The first-order valence-corrected chi connectivity index (χ1v) is 7.33. The maximum absolute atomic E-state index is 12.2. The van der Waals surface area contributed by atoms with Gasteiger partial charge in [0.2, 0.25) is 5.91 Å². The summed E-state index contributed by atoms with van der Waals surface area (Å²) in [5, 5.41) is 10.0. The molecule has 0 saturated carbocycles. The zero-order chi connectivity index (χ0) is 14.4. The molecule has 1 fully saturated rings. The average molecular weight is 280 g/mol. The summed E-state index contributed by atoms with van der Waals surface area (Å²) in [7, 11) is 0. The Balaban J connectivity index is 1.87. The van der Waals surface area contributed by atoms with Crippen molar-refractivity contribution in [3.05, 3.63) is 18.7 Å². The molecular formula is C14H24N4O2. The molecule has 6 heteroatoms. The molecule has 0 spiro atoms. The van der Waals surface area contributed by atoms with E-state index in [9.17, 15) is 9.90 Å². The summed E-state index contributed by atoms with van der Waals surface area (Å²) in [4.78, 5) is 20.2. The van der Waals surface area contributed by atoms with Crippen molar-refractivity contribution in [1.82, 2.24) is 19.4 Å². The first-order valence-electron chi connectivity index (χ1n) is 7.33. The Morgan fingerprint density at radius 3 is 2.95 bits per heavy atom. The van der Waals surface area contributed by atoms with Gasteiger partial charge in [-0.15, -0.1) is 0 Å². The number of carbonyl (C=O) groups is 1. The van der Waals surface area contributed by atoms with Gasteiger partial charge in [-0.05, 0) is 13.0 Å². The van der Waals surface area contributed by atoms with Crippen molar-refractivity contribution in [2.24, 2.45) is 0 Å². The molecule has 0 aliphatic carbocycles. The van der Waals surface area contributed by atoms with E-state index in [1.54, 1.807) is 28.2 Å². The standard InChI is InChI=1S/C14H24N4O2/c1-2-3-5-16-7-8-18(10-13(19)9-16)14(20)11-17-6-4-15-12-17/h4,6,12-13,19H,2-3,5,7-11H2,1H3. The van der Waals surface area contributed by atoms with Gasteiger partial charge in [-0.25, -0.2) is 4.98 Å². The summed E-state index contributed by atoms with van der Waals surface area (Å²) >= 11 is 0. The summed E-state index contributed by atoms with van der Waals surface area (Å²) in [6, 6.07) is 0. The lowest BCUT2D eigenvalue weighted by atomic mass is 10.3. The van der Waals surface area contributed by atoms with E-state index in [1.807, 2.05) is 0 Å². The fourth-order valence-electron chi connectivity index (χ4n) is 2.50. The largest absolute Gasteiger partial charge is 0.390 e. The Hall–Kier alpha value is -1.40. The topological polar surface area (TPSA) is 61.6 Å². The quantitative estimate of drug-likeness (QED) is 0.836. The zero-order valence-corrected chi connectivity index (χ0v) is 12.1. The van der Waals surface area contributed by atoms with Crippen LogP contribution in [0.5, 0.6) is 0 Å². The first kappa shape index (κ1) is 15.0. The van der Waals surface area contributed by atoms with Crippen LogP contribution in [0.4, 0.5) is 0 Å². The maximum Gasteiger partial charge on any atom is 0.242 e. The van der Waals surface area contributed by atoms with E-state index in [2.05, 4.69) is 16.8 Å². The molecule has 0 bridgehead atoms. The van der Waals surface area contributed by atoms with E-state index < -0.39 is 6.10 Å². The highest BCUT2D eigenvalue weighted by Crippen LogP contribution is 2.06. The smallest absolute Gasteiger partial charge is 0.242 e. The van der Waals surface area contributed by atoms with Gasteiger partial charge in [-0.3, -0.25) is 9.69 Å². The number of carbonyl (C=O) groups excluding carboxylic acids is 1. The van der Waals surface area contributed by atoms with Crippen molar-refractivity contribution in [2.45, 2.75) is 32.4 Å². The summed E-state index contributed by atoms with van der Waals surface area (Å²) in [5.41, 5.74) is 0. The molecule has 1 aromatic rings. The number of unbranched alkanes of at least 4 members (excludes halogenated alkanes) is 1. The lowest BCUT2D eigenvalue weighted by molar-refractivity contribution is -0.132. The van der Waals surface area contributed by atoms with Crippen molar-refractivity contribution in [1.29, 1.82) is 0 Å². The van der Waals surface area contributed by atoms with Crippen molar-refractivity contribution in [3.8, 4) is 0 Å². The highest BCUT2D eigenvalue weighted by Gasteiger charge is 2.24. The van der Waals surface area contributed by atoms with E-state index in [1.165, 1.54) is 0 Å². The Bertz CT molecular complexity index is 407. The van der Waals surface area contributed by atoms with Crippen LogP contribution in [0, 0.1) is 0 Å². The van der Waals surface area contributed by atoms with Gasteiger partial charge < -0.3 is 14.6 Å². The van der Waals surface area contributed by atoms with Gasteiger partial charge in [-0.1, -0.05) is 13.3 Å². The molecule has 1 amide bonds. The fraction of sp³-hybridized carbons (Fsp3) is 0.714. The fourth-order valence-corrected chi connectivity index (χ4v) is 2.50. The van der Waals surface area contributed by atoms with Gasteiger partial charge in [0.15, 0.2) is 0 Å². The first-order chi connectivity index (χ1) is 9.69. The molecule has 1 saturated heterocycles. The summed E-state index contributed by atoms with van der Waals surface area (Å²) in [6.45, 7) is 6.07. The number of rotatable bonds is 5. The number of hydrogen-bond acceptors (Lipinski definition) is 4. The molecule has 20 heavy (non-hydrogen) atoms. The summed E-state index contributed by atoms with van der Waals surface area (Å²) in [6.07, 6.45) is 6.91. The highest BCUT2D eigenvalue weighted by molar-refractivity contribution is 5.76. The number of β-amino-alcohol motifs (C(OH)–C–C–N with tert-alkyl or cyclic N) is 1. The van der Waals surface area contributed by atoms with Crippen LogP contribution in [0.2, 0.25) is 0 Å². The molecule has 6 nitrogen and oxygen atoms in total. The van der Waals surface area contributed by atoms with Crippen LogP contribution in [-0.4, -0.2) is 69.2 Å². The second-order valence-electron chi connectivity index (χ2n) is 5.38. The van der Waals surface area contributed by atoms with Crippen LogP contribution in [0.15, 0.2) is 18.7 Å². The Labute approximate surface area is 120 Å². The van der Waals surface area contributed by atoms with Crippen LogP contribution < -0.4 is 0 Å². The molecule has 1 atom stereocenters. The number of amides is 1. The monoisotopic (exact) mass is 280 g/mol. The number of nitrogens with zero attached hydrogens (tertiary/aromatic N) is 4. The normalized spacial score (nSPS) is 20.9. The van der Waals surface area contributed by atoms with Gasteiger partial charge in [0, 0.05) is 38.6 Å². The molecule has 2 rings (SSSR count). The van der Waals surface area contributed by atoms with Crippen LogP contribution in [0.1, 0.15) is 19.8 Å². The number of aliphatic hydroxyl groups excluding tert-OH is 1. The third kappa shape index (κ3) is 4.31. The van der Waals surface area contributed by atoms with Crippen molar-refractivity contribution in [3.63, 3.8) is 0 Å². The van der Waals surface area contributed by atoms with E-state index in [4.69, 9.17) is 0 Å². The third-order valence-corrected chi connectivity index (χ3v) is 3.64. The third-order valence-electron chi connectivity index (χ3n) is 3.64. The van der Waals surface area contributed by atoms with Gasteiger partial charge >= 0.3 is 0 Å². The van der Waals surface area contributed by atoms with Gasteiger partial charge in [0.1, 0.15) is 6.54 Å². The van der Waals surface area contributed by atoms with Gasteiger partial charge in [-0.2, -0.15) is 0 Å². The molecule has 1 N–H and O–H groups in total. The molecule has 1 aromatic heterocycles. The predicted molar refractivity (Wildman–Crippen MR) is 76.2 cm³/mol. The minimum absolute atomic E-state index is 0.0411. The van der Waals surface area contributed by atoms with E-state index >= 15 is 0 Å². The SMILES string of the molecule is CCCCN1CCN(C(=O)Cn2ccnc2)CC(O)C1. The van der Waals surface area contributed by atoms with E-state index in [0.29, 0.717) is 26.2 Å². The Kier molecular flexibility index (Phi) is 5.55. The molecular weight excluding hydrogens is 256 g/mol. The maximum atomic E-state index is 12.2. The Morgan fingerprint density at radius 2 is 2.25 bits per heavy atom. The minimum Gasteiger partial charge on any atom is -0.390 e. The molecule has 1 aliphatic rings. The summed E-state index contributed by atoms with van der Waals surface area (Å²) in [5.74, 6) is 0.0411. The summed E-state index contributed by atoms with van der Waals surface area (Å²) < 4.78 is 1.76. The molecule has 0 aromatic carbocycles. The lowest BCUT2D eigenvalue weighted by Gasteiger charge is -2.22. The molecule has 112 valence electrons. The van der Waals surface area contributed by atoms with Crippen molar-refractivity contribution in [2.75, 3.05) is 32.7 Å². The van der Waals surface area contributed by atoms with Gasteiger partial charge in [0.05, 0.1) is 12.4 Å². The predicted octanol–water partition coefficient (Wildman–Crippen LogP) is 0.188. The van der Waals surface area contributed by atoms with Crippen molar-refractivity contribution >= 4 is 5.91 Å². The molecule has 0 radical (unpaired) electrons. The second-order valence-corrected chi connectivity index (χ2v) is 5.38. The highest BCUT2D eigenvalue weighted by atomic mass is 16.3. The number of aromatic nitrogens is 2. The van der Waals surface area contributed by atoms with Crippen LogP contribution >= 0.6 is 0 Å².